The number of benzene rings is 4. The van der Waals surface area contributed by atoms with Crippen molar-refractivity contribution in [1.29, 1.82) is 0 Å². The molecule has 64 heavy (non-hydrogen) atoms. The van der Waals surface area contributed by atoms with Gasteiger partial charge in [0, 0.05) is 48.7 Å². The van der Waals surface area contributed by atoms with Crippen molar-refractivity contribution in [3.63, 3.8) is 0 Å². The number of nitrogens with zero attached hydrogens (tertiary/aromatic N) is 4. The molecule has 0 aliphatic carbocycles. The van der Waals surface area contributed by atoms with Crippen LogP contribution in [-0.2, 0) is 31.8 Å². The van der Waals surface area contributed by atoms with Gasteiger partial charge in [-0.15, -0.1) is 0 Å². The Hall–Kier alpha value is -5.40. The SMILES string of the molecule is CCC(Cc1ccc(C(=O)OCC(C)(C)OC(=O)c2ccc(CC(CC)(C(=O)c3ccc(N4CCOCC4)cc3)N(C)C)cc2)cc1)(C(=O)c1ccc(N2CCOCC2)cc1)N(C)C. The normalized spacial score (nSPS) is 16.5. The van der Waals surface area contributed by atoms with Crippen molar-refractivity contribution >= 4 is 34.9 Å². The summed E-state index contributed by atoms with van der Waals surface area (Å²) in [5.74, 6) is -1.01. The fourth-order valence-corrected chi connectivity index (χ4v) is 8.77. The Morgan fingerprint density at radius 3 is 1.22 bits per heavy atom. The van der Waals surface area contributed by atoms with Gasteiger partial charge in [0.15, 0.2) is 11.6 Å². The number of carbonyl (C=O) groups excluding carboxylic acids is 4. The van der Waals surface area contributed by atoms with Crippen LogP contribution in [0.25, 0.3) is 0 Å². The second-order valence-electron chi connectivity index (χ2n) is 18.0. The molecule has 2 heterocycles. The number of ketones is 2. The van der Waals surface area contributed by atoms with Gasteiger partial charge in [0.2, 0.25) is 0 Å². The smallest absolute Gasteiger partial charge is 0.338 e. The Morgan fingerprint density at radius 2 is 0.875 bits per heavy atom. The number of hydrogen-bond acceptors (Lipinski definition) is 12. The molecule has 6 rings (SSSR count). The highest BCUT2D eigenvalue weighted by atomic mass is 16.6. The van der Waals surface area contributed by atoms with Crippen LogP contribution in [-0.4, -0.2) is 137 Å². The first-order valence-corrected chi connectivity index (χ1v) is 22.5. The molecule has 2 fully saturated rings. The average molecular weight is 875 g/mol. The maximum Gasteiger partial charge on any atom is 0.338 e. The van der Waals surface area contributed by atoms with E-state index in [-0.39, 0.29) is 18.2 Å². The topological polar surface area (TPSA) is 118 Å². The Labute approximate surface area is 379 Å². The van der Waals surface area contributed by atoms with E-state index < -0.39 is 28.6 Å². The van der Waals surface area contributed by atoms with Crippen LogP contribution >= 0.6 is 0 Å². The van der Waals surface area contributed by atoms with E-state index in [1.54, 1.807) is 38.1 Å². The third kappa shape index (κ3) is 11.1. The molecule has 0 spiro atoms. The summed E-state index contributed by atoms with van der Waals surface area (Å²) in [5.41, 5.74) is 3.27. The second kappa shape index (κ2) is 21.1. The molecule has 0 radical (unpaired) electrons. The van der Waals surface area contributed by atoms with Crippen molar-refractivity contribution in [2.45, 2.75) is 70.1 Å². The van der Waals surface area contributed by atoms with Crippen LogP contribution < -0.4 is 9.80 Å². The highest BCUT2D eigenvalue weighted by Gasteiger charge is 2.41. The largest absolute Gasteiger partial charge is 0.458 e. The van der Waals surface area contributed by atoms with Crippen LogP contribution in [0.4, 0.5) is 11.4 Å². The third-order valence-electron chi connectivity index (χ3n) is 13.0. The first kappa shape index (κ1) is 48.1. The third-order valence-corrected chi connectivity index (χ3v) is 13.0. The van der Waals surface area contributed by atoms with Crippen molar-refractivity contribution in [2.75, 3.05) is 97.2 Å². The summed E-state index contributed by atoms with van der Waals surface area (Å²) < 4.78 is 22.5. The Bertz CT molecular complexity index is 2190. The summed E-state index contributed by atoms with van der Waals surface area (Å²) >= 11 is 0. The minimum absolute atomic E-state index is 0.0426. The minimum Gasteiger partial charge on any atom is -0.458 e. The van der Waals surface area contributed by atoms with E-state index in [0.717, 1.165) is 48.7 Å². The Kier molecular flexibility index (Phi) is 15.8. The number of ether oxygens (including phenoxy) is 4. The van der Waals surface area contributed by atoms with Crippen molar-refractivity contribution in [2.24, 2.45) is 0 Å². The summed E-state index contributed by atoms with van der Waals surface area (Å²) in [5, 5.41) is 0. The van der Waals surface area contributed by atoms with Crippen LogP contribution in [0.15, 0.2) is 97.1 Å². The highest BCUT2D eigenvalue weighted by molar-refractivity contribution is 6.04. The number of carbonyl (C=O) groups is 4. The van der Waals surface area contributed by atoms with Crippen LogP contribution in [0, 0.1) is 0 Å². The van der Waals surface area contributed by atoms with E-state index in [0.29, 0.717) is 74.4 Å². The molecular formula is C52H66N4O8. The standard InChI is InChI=1S/C52H66N4O8/c1-9-51(53(5)6,46(57)40-19-23-44(24-20-40)55-27-31-61-32-28-55)35-38-11-15-42(16-12-38)48(59)63-37-50(3,4)64-49(60)43-17-13-39(14-18-43)36-52(10-2,54(7)8)47(58)41-21-25-45(26-22-41)56-29-33-62-34-30-56/h11-26H,9-10,27-37H2,1-8H3. The Balaban J connectivity index is 1.03. The molecule has 0 amide bonds. The van der Waals surface area contributed by atoms with Gasteiger partial charge in [-0.1, -0.05) is 38.1 Å². The summed E-state index contributed by atoms with van der Waals surface area (Å²) in [7, 11) is 7.72. The van der Waals surface area contributed by atoms with Crippen LogP contribution in [0.3, 0.4) is 0 Å². The van der Waals surface area contributed by atoms with Gasteiger partial charge >= 0.3 is 11.9 Å². The molecule has 4 aromatic carbocycles. The van der Waals surface area contributed by atoms with Crippen LogP contribution in [0.2, 0.25) is 0 Å². The minimum atomic E-state index is -1.12. The number of morpholine rings is 2. The van der Waals surface area contributed by atoms with Gasteiger partial charge in [-0.05, 0) is 152 Å². The number of anilines is 2. The second-order valence-corrected chi connectivity index (χ2v) is 18.0. The fourth-order valence-electron chi connectivity index (χ4n) is 8.77. The molecule has 342 valence electrons. The summed E-state index contributed by atoms with van der Waals surface area (Å²) in [4.78, 5) is 63.4. The van der Waals surface area contributed by atoms with Crippen LogP contribution in [0.5, 0.6) is 0 Å². The van der Waals surface area contributed by atoms with E-state index in [2.05, 4.69) is 9.80 Å². The number of rotatable bonds is 19. The van der Waals surface area contributed by atoms with Crippen molar-refractivity contribution in [1.82, 2.24) is 9.80 Å². The van der Waals surface area contributed by atoms with Gasteiger partial charge in [0.1, 0.15) is 12.2 Å². The molecule has 2 aliphatic rings. The zero-order valence-electron chi connectivity index (χ0n) is 39.0. The molecule has 4 aromatic rings. The van der Waals surface area contributed by atoms with E-state index >= 15 is 0 Å². The zero-order valence-corrected chi connectivity index (χ0v) is 39.0. The molecule has 0 bridgehead atoms. The van der Waals surface area contributed by atoms with Crippen molar-refractivity contribution < 1.29 is 38.1 Å². The predicted octanol–water partition coefficient (Wildman–Crippen LogP) is 7.42. The predicted molar refractivity (Wildman–Crippen MR) is 251 cm³/mol. The molecule has 2 aliphatic heterocycles. The Morgan fingerprint density at radius 1 is 0.531 bits per heavy atom. The van der Waals surface area contributed by atoms with Crippen LogP contribution in [0.1, 0.15) is 93.1 Å². The molecule has 0 aromatic heterocycles. The first-order valence-electron chi connectivity index (χ1n) is 22.5. The lowest BCUT2D eigenvalue weighted by molar-refractivity contribution is -0.0370. The van der Waals surface area contributed by atoms with Crippen molar-refractivity contribution in [3.8, 4) is 0 Å². The van der Waals surface area contributed by atoms with E-state index in [1.165, 1.54) is 0 Å². The van der Waals surface area contributed by atoms with Gasteiger partial charge < -0.3 is 28.7 Å². The van der Waals surface area contributed by atoms with Crippen molar-refractivity contribution in [3.05, 3.63) is 130 Å². The zero-order chi connectivity index (χ0) is 46.1. The summed E-state index contributed by atoms with van der Waals surface area (Å²) in [6.45, 7) is 13.4. The quantitative estimate of drug-likeness (QED) is 0.0690. The molecule has 2 saturated heterocycles. The molecule has 0 saturated carbocycles. The van der Waals surface area contributed by atoms with Gasteiger partial charge in [0.25, 0.3) is 0 Å². The van der Waals surface area contributed by atoms with E-state index in [9.17, 15) is 19.2 Å². The molecule has 2 unspecified atom stereocenters. The molecule has 2 atom stereocenters. The van der Waals surface area contributed by atoms with Gasteiger partial charge in [-0.25, -0.2) is 9.59 Å². The maximum atomic E-state index is 14.2. The van der Waals surface area contributed by atoms with E-state index in [1.807, 2.05) is 125 Å². The van der Waals surface area contributed by atoms with Gasteiger partial charge in [0.05, 0.1) is 48.6 Å². The number of hydrogen-bond donors (Lipinski definition) is 0. The molecule has 12 nitrogen and oxygen atoms in total. The summed E-state index contributed by atoms with van der Waals surface area (Å²) in [6, 6.07) is 30.0. The average Bonchev–Trinajstić information content (AvgIpc) is 3.32. The van der Waals surface area contributed by atoms with Gasteiger partial charge in [-0.2, -0.15) is 0 Å². The molecule has 0 N–H and O–H groups in total. The fraction of sp³-hybridized carbons (Fsp3) is 0.462. The maximum absolute atomic E-state index is 14.2. The molecule has 12 heteroatoms. The lowest BCUT2D eigenvalue weighted by Gasteiger charge is -2.38. The van der Waals surface area contributed by atoms with Gasteiger partial charge in [-0.3, -0.25) is 19.4 Å². The lowest BCUT2D eigenvalue weighted by Crippen LogP contribution is -2.52. The summed E-state index contributed by atoms with van der Waals surface area (Å²) in [6.07, 6.45) is 2.09. The lowest BCUT2D eigenvalue weighted by atomic mass is 9.80. The number of Topliss-reactive ketones (excluding diaryl/α,β-unsaturated/α-hetero) is 2. The highest BCUT2D eigenvalue weighted by Crippen LogP contribution is 2.31. The van der Waals surface area contributed by atoms with E-state index in [4.69, 9.17) is 18.9 Å². The first-order chi connectivity index (χ1) is 30.6. The molecular weight excluding hydrogens is 809 g/mol. The monoisotopic (exact) mass is 874 g/mol. The number of likely N-dealkylation sites (N-methyl/N-ethyl adjacent to an activating group) is 2. The number of esters is 2.